The van der Waals surface area contributed by atoms with Gasteiger partial charge in [0.15, 0.2) is 0 Å². The van der Waals surface area contributed by atoms with Gasteiger partial charge in [-0.25, -0.2) is 0 Å². The van der Waals surface area contributed by atoms with E-state index in [0.29, 0.717) is 0 Å². The smallest absolute Gasteiger partial charge is 0.217 e. The summed E-state index contributed by atoms with van der Waals surface area (Å²) >= 11 is 0. The van der Waals surface area contributed by atoms with E-state index >= 15 is 0 Å². The molecule has 0 aromatic carbocycles. The van der Waals surface area contributed by atoms with Crippen LogP contribution in [0.2, 0.25) is 0 Å². The Hall–Kier alpha value is -0.570. The van der Waals surface area contributed by atoms with E-state index in [1.807, 2.05) is 0 Å². The van der Waals surface area contributed by atoms with Crippen LogP contribution in [0, 0.1) is 0 Å². The highest BCUT2D eigenvalue weighted by atomic mass is 16.3. The highest BCUT2D eigenvalue weighted by Gasteiger charge is 2.25. The largest absolute Gasteiger partial charge is 0.391 e. The maximum Gasteiger partial charge on any atom is 0.217 e. The number of carbonyl (C=O) groups excluding carboxylic acids is 1. The molecule has 0 aromatic rings. The summed E-state index contributed by atoms with van der Waals surface area (Å²) in [5.41, 5.74) is 0. The Kier molecular flexibility index (Phi) is 2.27. The lowest BCUT2D eigenvalue weighted by Crippen LogP contribution is -2.38. The van der Waals surface area contributed by atoms with Crippen LogP contribution >= 0.6 is 0 Å². The van der Waals surface area contributed by atoms with E-state index in [4.69, 9.17) is 0 Å². The lowest BCUT2D eigenvalue weighted by atomic mass is 10.2. The van der Waals surface area contributed by atoms with Crippen molar-refractivity contribution in [3.05, 3.63) is 0 Å². The average Bonchev–Trinajstić information content (AvgIpc) is 2.15. The summed E-state index contributed by atoms with van der Waals surface area (Å²) < 4.78 is 0. The number of nitrogens with one attached hydrogen (secondary N) is 1. The number of aliphatic hydroxyl groups is 1. The molecule has 0 spiro atoms. The van der Waals surface area contributed by atoms with Crippen molar-refractivity contribution in [2.24, 2.45) is 0 Å². The van der Waals surface area contributed by atoms with Gasteiger partial charge in [-0.1, -0.05) is 0 Å². The number of hydrogen-bond donors (Lipinski definition) is 2. The molecule has 1 fully saturated rings. The van der Waals surface area contributed by atoms with Crippen LogP contribution < -0.4 is 5.32 Å². The van der Waals surface area contributed by atoms with Crippen LogP contribution in [0.4, 0.5) is 0 Å². The molecular formula is C7H13NO2. The molecule has 0 heterocycles. The van der Waals surface area contributed by atoms with E-state index < -0.39 is 0 Å². The minimum Gasteiger partial charge on any atom is -0.391 e. The SMILES string of the molecule is CC(=O)N[C@@H]1CCC[C@H]1O. The fourth-order valence-electron chi connectivity index (χ4n) is 1.37. The standard InChI is InChI=1S/C7H13NO2/c1-5(9)8-6-3-2-4-7(6)10/h6-7,10H,2-4H2,1H3,(H,8,9)/t6-,7-/m1/s1. The van der Waals surface area contributed by atoms with Crippen molar-refractivity contribution in [1.82, 2.24) is 5.32 Å². The quantitative estimate of drug-likeness (QED) is 0.544. The molecule has 0 unspecified atom stereocenters. The first-order valence-corrected chi connectivity index (χ1v) is 3.65. The fraction of sp³-hybridized carbons (Fsp3) is 0.857. The summed E-state index contributed by atoms with van der Waals surface area (Å²) in [7, 11) is 0. The van der Waals surface area contributed by atoms with Crippen LogP contribution in [0.25, 0.3) is 0 Å². The maximum absolute atomic E-state index is 10.5. The second-order valence-electron chi connectivity index (χ2n) is 2.81. The van der Waals surface area contributed by atoms with Crippen LogP contribution in [-0.2, 0) is 4.79 Å². The molecule has 1 aliphatic rings. The molecule has 1 saturated carbocycles. The summed E-state index contributed by atoms with van der Waals surface area (Å²) in [6.07, 6.45) is 2.45. The third-order valence-electron chi connectivity index (χ3n) is 1.87. The van der Waals surface area contributed by atoms with Crippen molar-refractivity contribution in [2.45, 2.75) is 38.3 Å². The summed E-state index contributed by atoms with van der Waals surface area (Å²) in [6.45, 7) is 1.48. The zero-order valence-corrected chi connectivity index (χ0v) is 6.13. The number of hydrogen-bond acceptors (Lipinski definition) is 2. The van der Waals surface area contributed by atoms with Crippen LogP contribution in [0.3, 0.4) is 0 Å². The molecule has 0 radical (unpaired) electrons. The Morgan fingerprint density at radius 2 is 2.30 bits per heavy atom. The maximum atomic E-state index is 10.5. The monoisotopic (exact) mass is 143 g/mol. The molecule has 1 rings (SSSR count). The van der Waals surface area contributed by atoms with Crippen molar-refractivity contribution in [3.8, 4) is 0 Å². The number of amides is 1. The highest BCUT2D eigenvalue weighted by molar-refractivity contribution is 5.73. The number of aliphatic hydroxyl groups excluding tert-OH is 1. The van der Waals surface area contributed by atoms with Crippen molar-refractivity contribution in [3.63, 3.8) is 0 Å². The fourth-order valence-corrected chi connectivity index (χ4v) is 1.37. The van der Waals surface area contributed by atoms with Crippen LogP contribution in [0.1, 0.15) is 26.2 Å². The molecule has 1 amide bonds. The van der Waals surface area contributed by atoms with Crippen LogP contribution in [0.5, 0.6) is 0 Å². The van der Waals surface area contributed by atoms with E-state index in [1.165, 1.54) is 6.92 Å². The summed E-state index contributed by atoms with van der Waals surface area (Å²) in [6, 6.07) is 0.0116. The van der Waals surface area contributed by atoms with Gasteiger partial charge < -0.3 is 10.4 Å². The Bertz CT molecular complexity index is 136. The van der Waals surface area contributed by atoms with Gasteiger partial charge in [-0.15, -0.1) is 0 Å². The predicted octanol–water partition coefficient (Wildman–Crippen LogP) is 0.0359. The van der Waals surface area contributed by atoms with Gasteiger partial charge in [-0.3, -0.25) is 4.79 Å². The molecule has 0 aliphatic heterocycles. The van der Waals surface area contributed by atoms with Crippen LogP contribution in [-0.4, -0.2) is 23.2 Å². The van der Waals surface area contributed by atoms with E-state index in [9.17, 15) is 9.90 Å². The second kappa shape index (κ2) is 3.01. The third-order valence-corrected chi connectivity index (χ3v) is 1.87. The Morgan fingerprint density at radius 1 is 1.60 bits per heavy atom. The van der Waals surface area contributed by atoms with Crippen molar-refractivity contribution in [2.75, 3.05) is 0 Å². The molecule has 2 atom stereocenters. The Morgan fingerprint density at radius 3 is 2.70 bits per heavy atom. The predicted molar refractivity (Wildman–Crippen MR) is 37.5 cm³/mol. The molecule has 2 N–H and O–H groups in total. The Balaban J connectivity index is 2.33. The molecule has 58 valence electrons. The number of rotatable bonds is 1. The molecular weight excluding hydrogens is 130 g/mol. The zero-order valence-electron chi connectivity index (χ0n) is 6.13. The first kappa shape index (κ1) is 7.54. The third kappa shape index (κ3) is 1.70. The molecule has 3 heteroatoms. The Labute approximate surface area is 60.4 Å². The highest BCUT2D eigenvalue weighted by Crippen LogP contribution is 2.18. The van der Waals surface area contributed by atoms with Gasteiger partial charge in [0.25, 0.3) is 0 Å². The zero-order chi connectivity index (χ0) is 7.56. The van der Waals surface area contributed by atoms with Crippen molar-refractivity contribution < 1.29 is 9.90 Å². The summed E-state index contributed by atoms with van der Waals surface area (Å²) in [5, 5.41) is 11.9. The van der Waals surface area contributed by atoms with E-state index in [0.717, 1.165) is 19.3 Å². The van der Waals surface area contributed by atoms with E-state index in [2.05, 4.69) is 5.32 Å². The molecule has 0 aromatic heterocycles. The summed E-state index contributed by atoms with van der Waals surface area (Å²) in [5.74, 6) is -0.0500. The van der Waals surface area contributed by atoms with Gasteiger partial charge in [0.2, 0.25) is 5.91 Å². The van der Waals surface area contributed by atoms with Gasteiger partial charge in [-0.05, 0) is 19.3 Å². The molecule has 0 bridgehead atoms. The van der Waals surface area contributed by atoms with E-state index in [1.54, 1.807) is 0 Å². The molecule has 10 heavy (non-hydrogen) atoms. The van der Waals surface area contributed by atoms with Gasteiger partial charge >= 0.3 is 0 Å². The van der Waals surface area contributed by atoms with Crippen LogP contribution in [0.15, 0.2) is 0 Å². The average molecular weight is 143 g/mol. The van der Waals surface area contributed by atoms with Gasteiger partial charge in [0.05, 0.1) is 12.1 Å². The topological polar surface area (TPSA) is 49.3 Å². The molecule has 0 saturated heterocycles. The molecule has 1 aliphatic carbocycles. The lowest BCUT2D eigenvalue weighted by Gasteiger charge is -2.14. The first-order chi connectivity index (χ1) is 4.70. The second-order valence-corrected chi connectivity index (χ2v) is 2.81. The minimum absolute atomic E-state index is 0.0116. The van der Waals surface area contributed by atoms with Gasteiger partial charge in [0.1, 0.15) is 0 Å². The van der Waals surface area contributed by atoms with Crippen molar-refractivity contribution in [1.29, 1.82) is 0 Å². The summed E-state index contributed by atoms with van der Waals surface area (Å²) in [4.78, 5) is 10.5. The normalized spacial score (nSPS) is 32.2. The van der Waals surface area contributed by atoms with Crippen molar-refractivity contribution >= 4 is 5.91 Å². The molecule has 3 nitrogen and oxygen atoms in total. The number of carbonyl (C=O) groups is 1. The van der Waals surface area contributed by atoms with Gasteiger partial charge in [-0.2, -0.15) is 0 Å². The first-order valence-electron chi connectivity index (χ1n) is 3.65. The van der Waals surface area contributed by atoms with Gasteiger partial charge in [0, 0.05) is 6.92 Å². The lowest BCUT2D eigenvalue weighted by molar-refractivity contribution is -0.120. The minimum atomic E-state index is -0.316. The van der Waals surface area contributed by atoms with E-state index in [-0.39, 0.29) is 18.1 Å².